The van der Waals surface area contributed by atoms with E-state index >= 15 is 0 Å². The van der Waals surface area contributed by atoms with Gasteiger partial charge in [0.05, 0.1) is 6.61 Å². The minimum absolute atomic E-state index is 0.00150. The monoisotopic (exact) mass is 258 g/mol. The third-order valence-electron chi connectivity index (χ3n) is 2.83. The van der Waals surface area contributed by atoms with Crippen LogP contribution in [0.2, 0.25) is 0 Å². The molecule has 0 bridgehead atoms. The molecule has 0 spiro atoms. The van der Waals surface area contributed by atoms with E-state index in [-0.39, 0.29) is 11.9 Å². The number of methoxy groups -OCH3 is 1. The number of nitrogens with one attached hydrogen (secondary N) is 1. The largest absolute Gasteiger partial charge is 0.383 e. The maximum Gasteiger partial charge on any atom is 0.251 e. The first-order valence-corrected chi connectivity index (χ1v) is 6.24. The molecule has 2 aromatic rings. The fourth-order valence-corrected chi connectivity index (χ4v) is 1.89. The summed E-state index contributed by atoms with van der Waals surface area (Å²) >= 11 is 0. The quantitative estimate of drug-likeness (QED) is 0.893. The lowest BCUT2D eigenvalue weighted by atomic mass is 10.2. The van der Waals surface area contributed by atoms with Crippen LogP contribution in [0, 0.1) is 0 Å². The zero-order valence-electron chi connectivity index (χ0n) is 11.2. The predicted octanol–water partition coefficient (Wildman–Crippen LogP) is 2.24. The van der Waals surface area contributed by atoms with Gasteiger partial charge in [0, 0.05) is 36.8 Å². The minimum Gasteiger partial charge on any atom is -0.383 e. The van der Waals surface area contributed by atoms with E-state index in [2.05, 4.69) is 5.32 Å². The van der Waals surface area contributed by atoms with Gasteiger partial charge in [0.25, 0.3) is 5.91 Å². The van der Waals surface area contributed by atoms with E-state index in [0.717, 1.165) is 5.69 Å². The van der Waals surface area contributed by atoms with Crippen LogP contribution >= 0.6 is 0 Å². The van der Waals surface area contributed by atoms with Crippen molar-refractivity contribution in [3.05, 3.63) is 54.4 Å². The zero-order valence-corrected chi connectivity index (χ0v) is 11.2. The molecule has 1 aromatic heterocycles. The van der Waals surface area contributed by atoms with Gasteiger partial charge in [0.15, 0.2) is 0 Å². The topological polar surface area (TPSA) is 43.3 Å². The summed E-state index contributed by atoms with van der Waals surface area (Å²) in [7, 11) is 1.62. The van der Waals surface area contributed by atoms with Crippen molar-refractivity contribution >= 4 is 5.91 Å². The lowest BCUT2D eigenvalue weighted by molar-refractivity contribution is 0.0905. The van der Waals surface area contributed by atoms with Crippen molar-refractivity contribution in [3.8, 4) is 5.69 Å². The summed E-state index contributed by atoms with van der Waals surface area (Å²) < 4.78 is 6.99. The molecule has 0 fully saturated rings. The Morgan fingerprint density at radius 3 is 2.47 bits per heavy atom. The van der Waals surface area contributed by atoms with Gasteiger partial charge >= 0.3 is 0 Å². The Kier molecular flexibility index (Phi) is 4.36. The number of amides is 1. The first kappa shape index (κ1) is 13.4. The number of aromatic nitrogens is 1. The fourth-order valence-electron chi connectivity index (χ4n) is 1.89. The van der Waals surface area contributed by atoms with E-state index in [0.29, 0.717) is 12.2 Å². The summed E-state index contributed by atoms with van der Waals surface area (Å²) in [6, 6.07) is 11.4. The van der Waals surface area contributed by atoms with Gasteiger partial charge in [-0.2, -0.15) is 0 Å². The van der Waals surface area contributed by atoms with E-state index < -0.39 is 0 Å². The van der Waals surface area contributed by atoms with Crippen molar-refractivity contribution in [2.24, 2.45) is 0 Å². The third-order valence-corrected chi connectivity index (χ3v) is 2.83. The van der Waals surface area contributed by atoms with Crippen LogP contribution in [-0.2, 0) is 4.74 Å². The molecule has 1 aromatic carbocycles. The molecule has 0 saturated carbocycles. The number of carbonyl (C=O) groups is 1. The van der Waals surface area contributed by atoms with Crippen molar-refractivity contribution < 1.29 is 9.53 Å². The smallest absolute Gasteiger partial charge is 0.251 e. The molecular weight excluding hydrogens is 240 g/mol. The summed E-state index contributed by atoms with van der Waals surface area (Å²) in [5.41, 5.74) is 1.69. The van der Waals surface area contributed by atoms with Gasteiger partial charge in [0.2, 0.25) is 0 Å². The van der Waals surface area contributed by atoms with Crippen LogP contribution in [0.4, 0.5) is 0 Å². The van der Waals surface area contributed by atoms with Crippen LogP contribution in [0.25, 0.3) is 5.69 Å². The summed E-state index contributed by atoms with van der Waals surface area (Å²) in [4.78, 5) is 12.0. The molecule has 1 heterocycles. The molecule has 0 aliphatic heterocycles. The second-order valence-corrected chi connectivity index (χ2v) is 4.47. The Labute approximate surface area is 113 Å². The highest BCUT2D eigenvalue weighted by molar-refractivity contribution is 5.94. The van der Waals surface area contributed by atoms with E-state index in [9.17, 15) is 4.79 Å². The van der Waals surface area contributed by atoms with Crippen molar-refractivity contribution in [1.82, 2.24) is 9.88 Å². The SMILES string of the molecule is COCC(C)NC(=O)c1ccc(-n2cccc2)cc1. The molecule has 0 aliphatic carbocycles. The van der Waals surface area contributed by atoms with Gasteiger partial charge in [-0.25, -0.2) is 0 Å². The number of nitrogens with zero attached hydrogens (tertiary/aromatic N) is 1. The van der Waals surface area contributed by atoms with Crippen LogP contribution in [0.1, 0.15) is 17.3 Å². The molecule has 19 heavy (non-hydrogen) atoms. The zero-order chi connectivity index (χ0) is 13.7. The van der Waals surface area contributed by atoms with Crippen LogP contribution in [0.15, 0.2) is 48.8 Å². The molecular formula is C15H18N2O2. The Balaban J connectivity index is 2.04. The third kappa shape index (κ3) is 3.45. The van der Waals surface area contributed by atoms with Crippen molar-refractivity contribution in [2.45, 2.75) is 13.0 Å². The fraction of sp³-hybridized carbons (Fsp3) is 0.267. The van der Waals surface area contributed by atoms with Crippen LogP contribution in [0.3, 0.4) is 0 Å². The maximum atomic E-state index is 12.0. The molecule has 4 nitrogen and oxygen atoms in total. The summed E-state index contributed by atoms with van der Waals surface area (Å²) in [5, 5.41) is 2.88. The van der Waals surface area contributed by atoms with Crippen molar-refractivity contribution in [2.75, 3.05) is 13.7 Å². The van der Waals surface area contributed by atoms with E-state index in [1.807, 2.05) is 60.3 Å². The Bertz CT molecular complexity index is 518. The van der Waals surface area contributed by atoms with Gasteiger partial charge in [-0.15, -0.1) is 0 Å². The number of hydrogen-bond acceptors (Lipinski definition) is 2. The number of benzene rings is 1. The highest BCUT2D eigenvalue weighted by Crippen LogP contribution is 2.10. The van der Waals surface area contributed by atoms with Gasteiger partial charge in [-0.1, -0.05) is 0 Å². The molecule has 0 aliphatic rings. The minimum atomic E-state index is -0.0800. The summed E-state index contributed by atoms with van der Waals surface area (Å²) in [6.45, 7) is 2.42. The predicted molar refractivity (Wildman–Crippen MR) is 74.6 cm³/mol. The van der Waals surface area contributed by atoms with E-state index in [1.54, 1.807) is 7.11 Å². The van der Waals surface area contributed by atoms with Gasteiger partial charge < -0.3 is 14.6 Å². The molecule has 1 amide bonds. The molecule has 0 saturated heterocycles. The van der Waals surface area contributed by atoms with Gasteiger partial charge in [0.1, 0.15) is 0 Å². The molecule has 1 atom stereocenters. The average molecular weight is 258 g/mol. The lowest BCUT2D eigenvalue weighted by Gasteiger charge is -2.13. The number of rotatable bonds is 5. The Morgan fingerprint density at radius 2 is 1.89 bits per heavy atom. The standard InChI is InChI=1S/C15H18N2O2/c1-12(11-19-2)16-15(18)13-5-7-14(8-6-13)17-9-3-4-10-17/h3-10,12H,11H2,1-2H3,(H,16,18). The number of ether oxygens (including phenoxy) is 1. The summed E-state index contributed by atoms with van der Waals surface area (Å²) in [6.07, 6.45) is 3.94. The molecule has 0 radical (unpaired) electrons. The second-order valence-electron chi connectivity index (χ2n) is 4.47. The Morgan fingerprint density at radius 1 is 1.26 bits per heavy atom. The van der Waals surface area contributed by atoms with Crippen LogP contribution < -0.4 is 5.32 Å². The molecule has 100 valence electrons. The number of hydrogen-bond donors (Lipinski definition) is 1. The molecule has 1 N–H and O–H groups in total. The normalized spacial score (nSPS) is 12.1. The van der Waals surface area contributed by atoms with Crippen molar-refractivity contribution in [1.29, 1.82) is 0 Å². The van der Waals surface area contributed by atoms with Crippen molar-refractivity contribution in [3.63, 3.8) is 0 Å². The summed E-state index contributed by atoms with van der Waals surface area (Å²) in [5.74, 6) is -0.0800. The van der Waals surface area contributed by atoms with Crippen LogP contribution in [-0.4, -0.2) is 30.2 Å². The van der Waals surface area contributed by atoms with Crippen LogP contribution in [0.5, 0.6) is 0 Å². The lowest BCUT2D eigenvalue weighted by Crippen LogP contribution is -2.35. The first-order valence-electron chi connectivity index (χ1n) is 6.24. The van der Waals surface area contributed by atoms with E-state index in [4.69, 9.17) is 4.74 Å². The second kappa shape index (κ2) is 6.20. The molecule has 2 rings (SSSR count). The maximum absolute atomic E-state index is 12.0. The highest BCUT2D eigenvalue weighted by atomic mass is 16.5. The van der Waals surface area contributed by atoms with E-state index in [1.165, 1.54) is 0 Å². The van der Waals surface area contributed by atoms with Gasteiger partial charge in [-0.3, -0.25) is 4.79 Å². The highest BCUT2D eigenvalue weighted by Gasteiger charge is 2.09. The first-order chi connectivity index (χ1) is 9.20. The average Bonchev–Trinajstić information content (AvgIpc) is 2.93. The van der Waals surface area contributed by atoms with Gasteiger partial charge in [-0.05, 0) is 43.3 Å². The number of carbonyl (C=O) groups excluding carboxylic acids is 1. The molecule has 4 heteroatoms. The molecule has 1 unspecified atom stereocenters. The Hall–Kier alpha value is -2.07.